The molecular weight excluding hydrogens is 285 g/mol. The van der Waals surface area contributed by atoms with E-state index in [1.165, 1.54) is 11.8 Å². The van der Waals surface area contributed by atoms with Crippen LogP contribution in [0.25, 0.3) is 0 Å². The van der Waals surface area contributed by atoms with Crippen molar-refractivity contribution in [2.24, 2.45) is 0 Å². The number of carbonyl (C=O) groups excluding carboxylic acids is 1. The highest BCUT2D eigenvalue weighted by Gasteiger charge is 2.24. The minimum atomic E-state index is -0.871. The topological polar surface area (TPSA) is 98.3 Å². The molecule has 0 saturated heterocycles. The molecule has 0 heterocycles. The lowest BCUT2D eigenvalue weighted by Crippen LogP contribution is -2.37. The number of nitrogens with zero attached hydrogens (tertiary/aromatic N) is 1. The number of nitrogen functional groups attached to an aromatic ring is 1. The number of nitro benzene ring substituents is 1. The Morgan fingerprint density at radius 2 is 2.25 bits per heavy atom. The highest BCUT2D eigenvalue weighted by Crippen LogP contribution is 2.27. The SMILES string of the molecule is CCC(CSC)NC(=O)c1c(F)ccc([N+](=O)[O-])c1N. The number of anilines is 1. The van der Waals surface area contributed by atoms with Gasteiger partial charge in [0, 0.05) is 17.9 Å². The van der Waals surface area contributed by atoms with Gasteiger partial charge in [0.2, 0.25) is 0 Å². The number of thioether (sulfide) groups is 1. The van der Waals surface area contributed by atoms with E-state index >= 15 is 0 Å². The van der Waals surface area contributed by atoms with Gasteiger partial charge in [-0.3, -0.25) is 14.9 Å². The van der Waals surface area contributed by atoms with E-state index in [-0.39, 0.29) is 6.04 Å². The van der Waals surface area contributed by atoms with Crippen LogP contribution in [-0.4, -0.2) is 28.9 Å². The van der Waals surface area contributed by atoms with Crippen LogP contribution in [0.3, 0.4) is 0 Å². The quantitative estimate of drug-likeness (QED) is 0.477. The molecule has 0 radical (unpaired) electrons. The van der Waals surface area contributed by atoms with Crippen LogP contribution in [0.1, 0.15) is 23.7 Å². The Balaban J connectivity index is 3.09. The normalized spacial score (nSPS) is 11.9. The molecule has 8 heteroatoms. The molecule has 1 aromatic carbocycles. The van der Waals surface area contributed by atoms with Gasteiger partial charge in [-0.15, -0.1) is 0 Å². The van der Waals surface area contributed by atoms with Crippen molar-refractivity contribution >= 4 is 29.0 Å². The van der Waals surface area contributed by atoms with E-state index in [1.807, 2.05) is 13.2 Å². The molecular formula is C12H16FN3O3S. The van der Waals surface area contributed by atoms with Gasteiger partial charge in [-0.1, -0.05) is 6.92 Å². The Bertz CT molecular complexity index is 525. The summed E-state index contributed by atoms with van der Waals surface area (Å²) in [5.74, 6) is -0.937. The molecule has 1 amide bonds. The monoisotopic (exact) mass is 301 g/mol. The van der Waals surface area contributed by atoms with E-state index in [2.05, 4.69) is 5.32 Å². The van der Waals surface area contributed by atoms with Crippen LogP contribution in [0.4, 0.5) is 15.8 Å². The van der Waals surface area contributed by atoms with Crippen molar-refractivity contribution in [2.75, 3.05) is 17.7 Å². The molecule has 0 saturated carbocycles. The second-order valence-corrected chi connectivity index (χ2v) is 5.06. The zero-order valence-corrected chi connectivity index (χ0v) is 12.0. The lowest BCUT2D eigenvalue weighted by Gasteiger charge is -2.16. The summed E-state index contributed by atoms with van der Waals surface area (Å²) in [7, 11) is 0. The summed E-state index contributed by atoms with van der Waals surface area (Å²) in [6.07, 6.45) is 2.56. The fraction of sp³-hybridized carbons (Fsp3) is 0.417. The smallest absolute Gasteiger partial charge is 0.293 e. The average molecular weight is 301 g/mol. The molecule has 110 valence electrons. The molecule has 0 aliphatic heterocycles. The molecule has 0 bridgehead atoms. The maximum Gasteiger partial charge on any atom is 0.293 e. The average Bonchev–Trinajstić information content (AvgIpc) is 2.37. The number of hydrogen-bond acceptors (Lipinski definition) is 5. The molecule has 1 unspecified atom stereocenters. The maximum atomic E-state index is 13.7. The summed E-state index contributed by atoms with van der Waals surface area (Å²) in [5.41, 5.74) is 4.13. The van der Waals surface area contributed by atoms with Gasteiger partial charge < -0.3 is 11.1 Å². The first-order valence-corrected chi connectivity index (χ1v) is 7.33. The van der Waals surface area contributed by atoms with Gasteiger partial charge in [-0.2, -0.15) is 11.8 Å². The first-order chi connectivity index (χ1) is 9.42. The first kappa shape index (κ1) is 16.2. The van der Waals surface area contributed by atoms with Crippen molar-refractivity contribution < 1.29 is 14.1 Å². The van der Waals surface area contributed by atoms with Crippen molar-refractivity contribution in [3.8, 4) is 0 Å². The second kappa shape index (κ2) is 7.09. The Labute approximate surface area is 120 Å². The lowest BCUT2D eigenvalue weighted by atomic mass is 10.1. The molecule has 0 aliphatic carbocycles. The van der Waals surface area contributed by atoms with Crippen LogP contribution in [0.15, 0.2) is 12.1 Å². The predicted molar refractivity (Wildman–Crippen MR) is 77.4 cm³/mol. The highest BCUT2D eigenvalue weighted by molar-refractivity contribution is 7.98. The van der Waals surface area contributed by atoms with Crippen LogP contribution in [0.2, 0.25) is 0 Å². The van der Waals surface area contributed by atoms with Crippen molar-refractivity contribution in [1.29, 1.82) is 0 Å². The van der Waals surface area contributed by atoms with Crippen LogP contribution < -0.4 is 11.1 Å². The lowest BCUT2D eigenvalue weighted by molar-refractivity contribution is -0.384. The van der Waals surface area contributed by atoms with E-state index in [0.29, 0.717) is 12.2 Å². The molecule has 0 aromatic heterocycles. The molecule has 3 N–H and O–H groups in total. The standard InChI is InChI=1S/C12H16FN3O3S/c1-3-7(6-20-2)15-12(17)10-8(13)4-5-9(11(10)14)16(18)19/h4-5,7H,3,6,14H2,1-2H3,(H,15,17). The van der Waals surface area contributed by atoms with Gasteiger partial charge in [0.05, 0.1) is 4.92 Å². The number of nitro groups is 1. The summed E-state index contributed by atoms with van der Waals surface area (Å²) < 4.78 is 13.7. The van der Waals surface area contributed by atoms with E-state index in [9.17, 15) is 19.3 Å². The molecule has 0 spiro atoms. The number of halogens is 1. The molecule has 1 rings (SSSR count). The summed E-state index contributed by atoms with van der Waals surface area (Å²) in [5, 5.41) is 13.4. The second-order valence-electron chi connectivity index (χ2n) is 4.15. The summed E-state index contributed by atoms with van der Waals surface area (Å²) in [6, 6.07) is 1.68. The van der Waals surface area contributed by atoms with E-state index < -0.39 is 33.6 Å². The Morgan fingerprint density at radius 3 is 2.75 bits per heavy atom. The Kier molecular flexibility index (Phi) is 5.75. The van der Waals surface area contributed by atoms with Gasteiger partial charge in [0.25, 0.3) is 11.6 Å². The highest BCUT2D eigenvalue weighted by atomic mass is 32.2. The molecule has 6 nitrogen and oxygen atoms in total. The van der Waals surface area contributed by atoms with Crippen molar-refractivity contribution in [2.45, 2.75) is 19.4 Å². The van der Waals surface area contributed by atoms with E-state index in [4.69, 9.17) is 5.73 Å². The third-order valence-electron chi connectivity index (χ3n) is 2.79. The number of benzene rings is 1. The van der Waals surface area contributed by atoms with Crippen LogP contribution >= 0.6 is 11.8 Å². The Morgan fingerprint density at radius 1 is 1.60 bits per heavy atom. The minimum absolute atomic E-state index is 0.143. The number of nitrogens with two attached hydrogens (primary N) is 1. The summed E-state index contributed by atoms with van der Waals surface area (Å²) >= 11 is 1.54. The first-order valence-electron chi connectivity index (χ1n) is 5.94. The number of carbonyl (C=O) groups is 1. The van der Waals surface area contributed by atoms with Gasteiger partial charge >= 0.3 is 0 Å². The fourth-order valence-electron chi connectivity index (χ4n) is 1.69. The number of hydrogen-bond donors (Lipinski definition) is 2. The molecule has 0 fully saturated rings. The maximum absolute atomic E-state index is 13.7. The third kappa shape index (κ3) is 3.60. The zero-order chi connectivity index (χ0) is 15.3. The van der Waals surface area contributed by atoms with Crippen molar-refractivity contribution in [3.63, 3.8) is 0 Å². The van der Waals surface area contributed by atoms with Gasteiger partial charge in [0.1, 0.15) is 17.1 Å². The Hall–Kier alpha value is -1.83. The predicted octanol–water partition coefficient (Wildman–Crippen LogP) is 2.19. The van der Waals surface area contributed by atoms with Crippen molar-refractivity contribution in [3.05, 3.63) is 33.6 Å². The third-order valence-corrected chi connectivity index (χ3v) is 3.53. The fourth-order valence-corrected chi connectivity index (χ4v) is 2.41. The summed E-state index contributed by atoms with van der Waals surface area (Å²) in [6.45, 7) is 1.88. The molecule has 0 aliphatic rings. The molecule has 1 aromatic rings. The molecule has 1 atom stereocenters. The number of rotatable bonds is 6. The largest absolute Gasteiger partial charge is 0.392 e. The van der Waals surface area contributed by atoms with Gasteiger partial charge in [-0.25, -0.2) is 4.39 Å². The van der Waals surface area contributed by atoms with Gasteiger partial charge in [0.15, 0.2) is 0 Å². The van der Waals surface area contributed by atoms with Crippen LogP contribution in [0, 0.1) is 15.9 Å². The van der Waals surface area contributed by atoms with E-state index in [1.54, 1.807) is 0 Å². The van der Waals surface area contributed by atoms with Crippen LogP contribution in [-0.2, 0) is 0 Å². The molecule has 20 heavy (non-hydrogen) atoms. The van der Waals surface area contributed by atoms with Crippen molar-refractivity contribution in [1.82, 2.24) is 5.32 Å². The minimum Gasteiger partial charge on any atom is -0.392 e. The van der Waals surface area contributed by atoms with Crippen LogP contribution in [0.5, 0.6) is 0 Å². The van der Waals surface area contributed by atoms with E-state index in [0.717, 1.165) is 12.1 Å². The number of amides is 1. The van der Waals surface area contributed by atoms with Gasteiger partial charge in [-0.05, 0) is 18.7 Å². The summed E-state index contributed by atoms with van der Waals surface area (Å²) in [4.78, 5) is 22.1. The zero-order valence-electron chi connectivity index (χ0n) is 11.2. The number of nitrogens with one attached hydrogen (secondary N) is 1.